The number of esters is 1. The second-order valence-electron chi connectivity index (χ2n) is 3.47. The summed E-state index contributed by atoms with van der Waals surface area (Å²) in [5.74, 6) is -1.43. The fourth-order valence-electron chi connectivity index (χ4n) is 0.925. The Morgan fingerprint density at radius 1 is 1.41 bits per heavy atom. The second kappa shape index (κ2) is 8.21. The van der Waals surface area contributed by atoms with E-state index >= 15 is 0 Å². The maximum Gasteiger partial charge on any atom is 0.322 e. The summed E-state index contributed by atoms with van der Waals surface area (Å²) in [5.41, 5.74) is 0.861. The van der Waals surface area contributed by atoms with E-state index < -0.39 is 21.7 Å². The predicted octanol–water partition coefficient (Wildman–Crippen LogP) is 0.0616. The molecule has 100 valence electrons. The van der Waals surface area contributed by atoms with Crippen molar-refractivity contribution in [2.75, 3.05) is 32.1 Å². The highest BCUT2D eigenvalue weighted by atomic mass is 32.2. The topological polar surface area (TPSA) is 81.7 Å². The Kier molecular flexibility index (Phi) is 7.77. The number of carbonyl (C=O) groups excluding carboxylic acids is 1. The van der Waals surface area contributed by atoms with Crippen LogP contribution < -0.4 is 4.72 Å². The highest BCUT2D eigenvalue weighted by Gasteiger charge is 2.16. The lowest BCUT2D eigenvalue weighted by molar-refractivity contribution is -0.139. The van der Waals surface area contributed by atoms with Crippen LogP contribution >= 0.6 is 0 Å². The lowest BCUT2D eigenvalue weighted by atomic mass is 10.4. The standard InChI is InChI=1S/C10H19NO5S/c1-4-16-10(12)8-17(13,14)11-5-6-15-7-9(2)3/h11H,2,4-8H2,1,3H3. The Balaban J connectivity index is 3.79. The molecule has 1 N–H and O–H groups in total. The van der Waals surface area contributed by atoms with Gasteiger partial charge in [-0.2, -0.15) is 0 Å². The molecular formula is C10H19NO5S. The highest BCUT2D eigenvalue weighted by molar-refractivity contribution is 7.90. The van der Waals surface area contributed by atoms with Gasteiger partial charge in [-0.05, 0) is 13.8 Å². The molecule has 0 saturated carbocycles. The first-order valence-electron chi connectivity index (χ1n) is 5.22. The van der Waals surface area contributed by atoms with Crippen LogP contribution in [0.4, 0.5) is 0 Å². The molecule has 0 aliphatic rings. The van der Waals surface area contributed by atoms with Crippen molar-refractivity contribution in [3.63, 3.8) is 0 Å². The van der Waals surface area contributed by atoms with E-state index in [-0.39, 0.29) is 19.8 Å². The zero-order valence-corrected chi connectivity index (χ0v) is 11.0. The number of sulfonamides is 1. The fraction of sp³-hybridized carbons (Fsp3) is 0.700. The zero-order chi connectivity index (χ0) is 13.3. The summed E-state index contributed by atoms with van der Waals surface area (Å²) < 4.78 is 34.5. The first kappa shape index (κ1) is 16.1. The third-order valence-corrected chi connectivity index (χ3v) is 2.79. The van der Waals surface area contributed by atoms with Crippen LogP contribution in [0.15, 0.2) is 12.2 Å². The summed E-state index contributed by atoms with van der Waals surface area (Å²) in [6.07, 6.45) is 0. The van der Waals surface area contributed by atoms with Crippen molar-refractivity contribution >= 4 is 16.0 Å². The van der Waals surface area contributed by atoms with Crippen molar-refractivity contribution in [1.82, 2.24) is 4.72 Å². The van der Waals surface area contributed by atoms with Crippen LogP contribution in [0.2, 0.25) is 0 Å². The molecule has 0 heterocycles. The Bertz CT molecular complexity index is 350. The van der Waals surface area contributed by atoms with Gasteiger partial charge in [-0.3, -0.25) is 4.79 Å². The third-order valence-electron chi connectivity index (χ3n) is 1.53. The molecule has 0 saturated heterocycles. The Morgan fingerprint density at radius 3 is 2.59 bits per heavy atom. The smallest absolute Gasteiger partial charge is 0.322 e. The SMILES string of the molecule is C=C(C)COCCNS(=O)(=O)CC(=O)OCC. The van der Waals surface area contributed by atoms with E-state index in [1.807, 2.05) is 6.92 Å². The Morgan fingerprint density at radius 2 is 2.06 bits per heavy atom. The van der Waals surface area contributed by atoms with Crippen LogP contribution in [0.1, 0.15) is 13.8 Å². The van der Waals surface area contributed by atoms with Gasteiger partial charge in [0.1, 0.15) is 0 Å². The second-order valence-corrected chi connectivity index (χ2v) is 5.27. The summed E-state index contributed by atoms with van der Waals surface area (Å²) in [7, 11) is -3.63. The number of hydrogen-bond acceptors (Lipinski definition) is 5. The minimum absolute atomic E-state index is 0.120. The van der Waals surface area contributed by atoms with Gasteiger partial charge < -0.3 is 9.47 Å². The molecule has 0 spiro atoms. The summed E-state index contributed by atoms with van der Waals surface area (Å²) in [5, 5.41) is 0. The normalized spacial score (nSPS) is 11.2. The van der Waals surface area contributed by atoms with Crippen LogP contribution in [-0.4, -0.2) is 46.5 Å². The van der Waals surface area contributed by atoms with E-state index in [0.717, 1.165) is 5.57 Å². The molecule has 0 bridgehead atoms. The summed E-state index contributed by atoms with van der Waals surface area (Å²) in [4.78, 5) is 11.0. The first-order chi connectivity index (χ1) is 7.87. The summed E-state index contributed by atoms with van der Waals surface area (Å²) >= 11 is 0. The minimum atomic E-state index is -3.63. The van der Waals surface area contributed by atoms with Gasteiger partial charge in [-0.25, -0.2) is 13.1 Å². The van der Waals surface area contributed by atoms with Gasteiger partial charge in [0, 0.05) is 6.54 Å². The summed E-state index contributed by atoms with van der Waals surface area (Å²) in [6, 6.07) is 0. The van der Waals surface area contributed by atoms with E-state index in [0.29, 0.717) is 6.61 Å². The fourth-order valence-corrected chi connectivity index (χ4v) is 1.81. The molecule has 0 aliphatic heterocycles. The maximum atomic E-state index is 11.3. The van der Waals surface area contributed by atoms with Crippen molar-refractivity contribution in [3.05, 3.63) is 12.2 Å². The van der Waals surface area contributed by atoms with Crippen molar-refractivity contribution in [1.29, 1.82) is 0 Å². The molecule has 0 rings (SSSR count). The van der Waals surface area contributed by atoms with E-state index in [4.69, 9.17) is 4.74 Å². The van der Waals surface area contributed by atoms with Crippen LogP contribution in [0, 0.1) is 0 Å². The molecule has 0 amide bonds. The minimum Gasteiger partial charge on any atom is -0.465 e. The maximum absolute atomic E-state index is 11.3. The number of nitrogens with one attached hydrogen (secondary N) is 1. The molecule has 0 unspecified atom stereocenters. The number of hydrogen-bond donors (Lipinski definition) is 1. The van der Waals surface area contributed by atoms with E-state index in [9.17, 15) is 13.2 Å². The monoisotopic (exact) mass is 265 g/mol. The molecule has 7 heteroatoms. The lowest BCUT2D eigenvalue weighted by Crippen LogP contribution is -2.33. The van der Waals surface area contributed by atoms with Crippen LogP contribution in [0.3, 0.4) is 0 Å². The number of rotatable bonds is 9. The van der Waals surface area contributed by atoms with Crippen LogP contribution in [0.25, 0.3) is 0 Å². The quantitative estimate of drug-likeness (QED) is 0.362. The summed E-state index contributed by atoms with van der Waals surface area (Å²) in [6.45, 7) is 7.96. The Hall–Kier alpha value is -0.920. The van der Waals surface area contributed by atoms with Crippen molar-refractivity contribution in [3.8, 4) is 0 Å². The van der Waals surface area contributed by atoms with Crippen molar-refractivity contribution < 1.29 is 22.7 Å². The van der Waals surface area contributed by atoms with Gasteiger partial charge in [0.25, 0.3) is 0 Å². The van der Waals surface area contributed by atoms with Crippen molar-refractivity contribution in [2.24, 2.45) is 0 Å². The molecule has 6 nitrogen and oxygen atoms in total. The molecule has 0 radical (unpaired) electrons. The van der Waals surface area contributed by atoms with Crippen LogP contribution in [-0.2, 0) is 24.3 Å². The van der Waals surface area contributed by atoms with Gasteiger partial charge in [-0.1, -0.05) is 12.2 Å². The van der Waals surface area contributed by atoms with E-state index in [2.05, 4.69) is 16.0 Å². The average Bonchev–Trinajstić information content (AvgIpc) is 2.15. The first-order valence-corrected chi connectivity index (χ1v) is 6.87. The van der Waals surface area contributed by atoms with Crippen LogP contribution in [0.5, 0.6) is 0 Å². The Labute approximate surface area is 102 Å². The molecule has 0 aromatic carbocycles. The highest BCUT2D eigenvalue weighted by Crippen LogP contribution is 1.90. The van der Waals surface area contributed by atoms with Gasteiger partial charge >= 0.3 is 5.97 Å². The molecular weight excluding hydrogens is 246 g/mol. The predicted molar refractivity (Wildman–Crippen MR) is 64.1 cm³/mol. The van der Waals surface area contributed by atoms with Gasteiger partial charge in [0.05, 0.1) is 19.8 Å². The molecule has 0 atom stereocenters. The van der Waals surface area contributed by atoms with E-state index in [1.165, 1.54) is 0 Å². The van der Waals surface area contributed by atoms with Gasteiger partial charge in [-0.15, -0.1) is 0 Å². The molecule has 0 fully saturated rings. The molecule has 0 aromatic rings. The van der Waals surface area contributed by atoms with Crippen molar-refractivity contribution in [2.45, 2.75) is 13.8 Å². The van der Waals surface area contributed by atoms with Gasteiger partial charge in [0.15, 0.2) is 5.75 Å². The third kappa shape index (κ3) is 9.98. The largest absolute Gasteiger partial charge is 0.465 e. The lowest BCUT2D eigenvalue weighted by Gasteiger charge is -2.07. The molecule has 0 aliphatic carbocycles. The number of ether oxygens (including phenoxy) is 2. The molecule has 17 heavy (non-hydrogen) atoms. The van der Waals surface area contributed by atoms with E-state index in [1.54, 1.807) is 6.92 Å². The van der Waals surface area contributed by atoms with Gasteiger partial charge in [0.2, 0.25) is 10.0 Å². The molecule has 0 aromatic heterocycles. The average molecular weight is 265 g/mol. The zero-order valence-electron chi connectivity index (χ0n) is 10.2. The number of carbonyl (C=O) groups is 1.